The molecule has 0 aliphatic rings. The summed E-state index contributed by atoms with van der Waals surface area (Å²) in [5.41, 5.74) is 35.7. The highest BCUT2D eigenvalue weighted by molar-refractivity contribution is 7.80. The third-order valence-corrected chi connectivity index (χ3v) is 15.5. The summed E-state index contributed by atoms with van der Waals surface area (Å²) in [6.07, 6.45) is 5.90. The Hall–Kier alpha value is -9.13. The molecule has 36 heteroatoms. The summed E-state index contributed by atoms with van der Waals surface area (Å²) < 4.78 is 0. The maximum atomic E-state index is 14.8. The normalized spacial score (nSPS) is 14.3. The van der Waals surface area contributed by atoms with Gasteiger partial charge < -0.3 is 113 Å². The highest BCUT2D eigenvalue weighted by Crippen LogP contribution is 2.20. The van der Waals surface area contributed by atoms with Gasteiger partial charge in [-0.1, -0.05) is 38.5 Å². The molecule has 0 radical (unpaired) electrons. The van der Waals surface area contributed by atoms with Crippen molar-refractivity contribution in [2.45, 2.75) is 183 Å². The van der Waals surface area contributed by atoms with E-state index in [-0.39, 0.29) is 109 Å². The van der Waals surface area contributed by atoms with Crippen LogP contribution in [-0.2, 0) is 65.6 Å². The van der Waals surface area contributed by atoms with Gasteiger partial charge in [-0.3, -0.25) is 58.8 Å². The Morgan fingerprint density at radius 2 is 0.938 bits per heavy atom. The summed E-state index contributed by atoms with van der Waals surface area (Å²) in [4.78, 5) is 163. The Morgan fingerprint density at radius 3 is 1.43 bits per heavy atom. The highest BCUT2D eigenvalue weighted by atomic mass is 32.1. The van der Waals surface area contributed by atoms with Gasteiger partial charge >= 0.3 is 11.9 Å². The van der Waals surface area contributed by atoms with Gasteiger partial charge in [-0.25, -0.2) is 9.78 Å². The van der Waals surface area contributed by atoms with E-state index >= 15 is 0 Å². The Labute approximate surface area is 562 Å². The number of aliphatic carboxylic acids is 2. The molecule has 0 saturated heterocycles. The Bertz CT molecular complexity index is 3030. The lowest BCUT2D eigenvalue weighted by Crippen LogP contribution is -2.61. The number of unbranched alkanes of at least 4 members (excludes halogenated alkanes) is 3. The number of carboxylic acids is 2. The number of carbonyl (C=O) groups is 11. The first-order valence-electron chi connectivity index (χ1n) is 32.0. The maximum absolute atomic E-state index is 14.8. The summed E-state index contributed by atoms with van der Waals surface area (Å²) in [7, 11) is 0. The fourth-order valence-electron chi connectivity index (χ4n) is 10.0. The number of carbonyl (C=O) groups excluding carboxylic acids is 9. The summed E-state index contributed by atoms with van der Waals surface area (Å²) in [6, 6.07) is -7.22. The minimum absolute atomic E-state index is 0.0211. The molecule has 10 atom stereocenters. The standard InChI is InChI=1S/C60H100N22O13S/c1-33(2)25-43(53(89)74-39(16-6-9-21-62)50(86)77-42(58(94)95)19-12-24-71-60(67)68)79-54(90)44(26-34-29-72-38-15-4-3-13-36(34)38)80-51(87)40(17-7-10-22-63)76-57(93)47(31-96)82-56(92)46(28-48(83)84)81-52(88)41(18-11-23-70-59(65)66)75-55(91)45(27-35-30-69-32-73-35)78-49(85)37(64)14-5-8-20-61/h3-4,13,15,29-30,32-33,37,39-47,72,96H,5-12,14,16-28,31,61-64H2,1-2H3,(H,69,73)(H,74,89)(H,75,91)(H,76,93)(H,77,86)(H,78,85)(H,79,90)(H,80,87)(H,81,88)(H,82,92)(H,83,84)(H,94,95)(H4,65,66,70)(H4,67,68,71)/t37-,39-,40-,41-,42-,43-,44-,45-,46-,47-/m0/s1. The van der Waals surface area contributed by atoms with Crippen molar-refractivity contribution in [1.82, 2.24) is 73.4 Å². The summed E-state index contributed by atoms with van der Waals surface area (Å²) in [5, 5.41) is 64.0. The molecular weight excluding hydrogens is 1270 g/mol. The number of carboxylic acid groups (broad SMARTS) is 2. The van der Waals surface area contributed by atoms with E-state index in [1.54, 1.807) is 44.3 Å². The second kappa shape index (κ2) is 43.8. The molecule has 96 heavy (non-hydrogen) atoms. The number of guanidine groups is 2. The van der Waals surface area contributed by atoms with Crippen molar-refractivity contribution in [2.24, 2.45) is 40.3 Å². The fourth-order valence-corrected chi connectivity index (χ4v) is 10.3. The first-order chi connectivity index (χ1) is 45.7. The fraction of sp³-hybridized carbons (Fsp3) is 0.600. The number of hydrogen-bond donors (Lipinski definition) is 24. The number of nitrogens with zero attached hydrogens (tertiary/aromatic N) is 1. The highest BCUT2D eigenvalue weighted by Gasteiger charge is 2.37. The smallest absolute Gasteiger partial charge is 0.326 e. The molecule has 3 aromatic rings. The van der Waals surface area contributed by atoms with Crippen LogP contribution in [0.15, 0.2) is 43.0 Å². The second-order valence-electron chi connectivity index (χ2n) is 23.6. The number of nitrogens with one attached hydrogen (secondary N) is 15. The van der Waals surface area contributed by atoms with Crippen LogP contribution in [0.4, 0.5) is 0 Å². The number of fused-ring (bicyclic) bond motifs is 1. The van der Waals surface area contributed by atoms with Crippen LogP contribution < -0.4 is 92.9 Å². The lowest BCUT2D eigenvalue weighted by atomic mass is 9.99. The van der Waals surface area contributed by atoms with Crippen molar-refractivity contribution >= 4 is 101 Å². The van der Waals surface area contributed by atoms with Gasteiger partial charge in [0.05, 0.1) is 24.5 Å². The molecule has 2 heterocycles. The molecule has 1 aromatic carbocycles. The number of H-pyrrole nitrogens is 2. The molecular formula is C60H100N22O13S. The van der Waals surface area contributed by atoms with E-state index in [4.69, 9.17) is 45.2 Å². The number of aromatic nitrogens is 3. The van der Waals surface area contributed by atoms with Crippen LogP contribution in [0.5, 0.6) is 0 Å². The van der Waals surface area contributed by atoms with Crippen molar-refractivity contribution in [3.05, 3.63) is 54.2 Å². The molecule has 2 aromatic heterocycles. The monoisotopic (exact) mass is 1370 g/mol. The molecule has 0 unspecified atom stereocenters. The van der Waals surface area contributed by atoms with Crippen molar-refractivity contribution in [1.29, 1.82) is 10.8 Å². The SMILES string of the molecule is CC(C)C[C@H](NC(=O)[C@H](Cc1c[nH]c2ccccc12)NC(=O)[C@H](CCCCN)NC(=O)[C@H](CS)NC(=O)[C@H](CC(=O)O)NC(=O)[C@H](CCCNC(=N)N)NC(=O)[C@H](Cc1c[nH]cn1)NC(=O)[C@@H](N)CCCCN)C(=O)N[C@@H](CCCCN)C(=O)N[C@@H](CCCNC(=N)N)C(=O)O. The molecule has 0 bridgehead atoms. The van der Waals surface area contributed by atoms with E-state index in [1.165, 1.54) is 12.5 Å². The molecule has 534 valence electrons. The van der Waals surface area contributed by atoms with Crippen LogP contribution in [0.2, 0.25) is 0 Å². The van der Waals surface area contributed by atoms with E-state index in [2.05, 4.69) is 86.1 Å². The van der Waals surface area contributed by atoms with Crippen LogP contribution >= 0.6 is 12.6 Å². The van der Waals surface area contributed by atoms with Crippen molar-refractivity contribution in [2.75, 3.05) is 38.5 Å². The van der Waals surface area contributed by atoms with Crippen LogP contribution in [0.25, 0.3) is 10.9 Å². The number of benzene rings is 1. The molecule has 3 rings (SSSR count). The third kappa shape index (κ3) is 30.1. The van der Waals surface area contributed by atoms with Crippen molar-refractivity contribution in [3.63, 3.8) is 0 Å². The van der Waals surface area contributed by atoms with Crippen molar-refractivity contribution in [3.8, 4) is 0 Å². The first kappa shape index (κ1) is 81.1. The number of rotatable bonds is 48. The van der Waals surface area contributed by atoms with Crippen LogP contribution in [0, 0.1) is 16.7 Å². The molecule has 0 spiro atoms. The van der Waals surface area contributed by atoms with Gasteiger partial charge in [0.1, 0.15) is 54.4 Å². The number of imidazole rings is 1. The Balaban J connectivity index is 1.96. The number of para-hydroxylation sites is 1. The van der Waals surface area contributed by atoms with E-state index in [1.807, 2.05) is 0 Å². The van der Waals surface area contributed by atoms with Crippen molar-refractivity contribution < 1.29 is 63.0 Å². The predicted octanol–water partition coefficient (Wildman–Crippen LogP) is -4.18. The summed E-state index contributed by atoms with van der Waals surface area (Å²) >= 11 is 4.29. The quantitative estimate of drug-likeness (QED) is 0.0110. The second-order valence-corrected chi connectivity index (χ2v) is 23.9. The third-order valence-electron chi connectivity index (χ3n) is 15.2. The van der Waals surface area contributed by atoms with Crippen LogP contribution in [0.1, 0.15) is 121 Å². The lowest BCUT2D eigenvalue weighted by Gasteiger charge is -2.28. The summed E-state index contributed by atoms with van der Waals surface area (Å²) in [6.45, 7) is 4.56. The number of nitrogens with two attached hydrogens (primary N) is 6. The molecule has 0 saturated carbocycles. The molecule has 0 aliphatic carbocycles. The van der Waals surface area contributed by atoms with E-state index < -0.39 is 144 Å². The van der Waals surface area contributed by atoms with E-state index in [9.17, 15) is 63.0 Å². The largest absolute Gasteiger partial charge is 0.481 e. The zero-order valence-corrected chi connectivity index (χ0v) is 55.3. The van der Waals surface area contributed by atoms with Gasteiger partial charge in [-0.15, -0.1) is 0 Å². The topological polar surface area (TPSA) is 609 Å². The lowest BCUT2D eigenvalue weighted by molar-refractivity contribution is -0.142. The van der Waals surface area contributed by atoms with Crippen LogP contribution in [-0.4, -0.2) is 201 Å². The van der Waals surface area contributed by atoms with Gasteiger partial charge in [-0.05, 0) is 121 Å². The van der Waals surface area contributed by atoms with Gasteiger partial charge in [-0.2, -0.15) is 12.6 Å². The van der Waals surface area contributed by atoms with E-state index in [0.717, 1.165) is 0 Å². The first-order valence-corrected chi connectivity index (χ1v) is 32.7. The predicted molar refractivity (Wildman–Crippen MR) is 360 cm³/mol. The minimum Gasteiger partial charge on any atom is -0.481 e. The Morgan fingerprint density at radius 1 is 0.521 bits per heavy atom. The van der Waals surface area contributed by atoms with Gasteiger partial charge in [0.25, 0.3) is 0 Å². The maximum Gasteiger partial charge on any atom is 0.326 e. The zero-order chi connectivity index (χ0) is 71.3. The van der Waals surface area contributed by atoms with Crippen LogP contribution in [0.3, 0.4) is 0 Å². The number of amides is 9. The molecule has 0 aliphatic heterocycles. The van der Waals surface area contributed by atoms with Gasteiger partial charge in [0.2, 0.25) is 53.2 Å². The van der Waals surface area contributed by atoms with E-state index in [0.29, 0.717) is 60.8 Å². The molecule has 29 N–H and O–H groups in total. The molecule has 35 nitrogen and oxygen atoms in total. The average Bonchev–Trinajstić information content (AvgIpc) is 1.67. The average molecular weight is 1370 g/mol. The molecule has 9 amide bonds. The zero-order valence-electron chi connectivity index (χ0n) is 54.4. The Kier molecular flexibility index (Phi) is 37.0. The summed E-state index contributed by atoms with van der Waals surface area (Å²) in [5.74, 6) is -12.5. The minimum atomic E-state index is -1.92. The van der Waals surface area contributed by atoms with Gasteiger partial charge in [0.15, 0.2) is 11.9 Å². The van der Waals surface area contributed by atoms with Gasteiger partial charge in [0, 0.05) is 55.0 Å². The number of hydrogen-bond acceptors (Lipinski definition) is 19. The molecule has 0 fully saturated rings. The number of aromatic amines is 2. The number of thiol groups is 1.